The predicted octanol–water partition coefficient (Wildman–Crippen LogP) is 2.99. The van der Waals surface area contributed by atoms with E-state index >= 15 is 0 Å². The van der Waals surface area contributed by atoms with Gasteiger partial charge in [-0.1, -0.05) is 19.8 Å². The van der Waals surface area contributed by atoms with Crippen LogP contribution in [0.4, 0.5) is 0 Å². The molecule has 1 fully saturated rings. The van der Waals surface area contributed by atoms with Crippen molar-refractivity contribution < 1.29 is 4.74 Å². The van der Waals surface area contributed by atoms with Crippen molar-refractivity contribution in [1.29, 1.82) is 0 Å². The molecular formula is C10H20O. The highest BCUT2D eigenvalue weighted by Gasteiger charge is 2.22. The van der Waals surface area contributed by atoms with E-state index in [1.807, 2.05) is 0 Å². The quantitative estimate of drug-likeness (QED) is 0.597. The van der Waals surface area contributed by atoms with Gasteiger partial charge in [0.25, 0.3) is 0 Å². The summed E-state index contributed by atoms with van der Waals surface area (Å²) in [6.45, 7) is 6.56. The Bertz CT molecular complexity index is 109. The number of ether oxygens (including phenoxy) is 1. The maximum atomic E-state index is 5.80. The Morgan fingerprint density at radius 2 is 1.82 bits per heavy atom. The molecule has 0 aliphatic heterocycles. The zero-order valence-electron chi connectivity index (χ0n) is 7.97. The summed E-state index contributed by atoms with van der Waals surface area (Å²) in [6.07, 6.45) is 6.35. The smallest absolute Gasteiger partial charge is 0.0604 e. The van der Waals surface area contributed by atoms with Crippen molar-refractivity contribution in [1.82, 2.24) is 0 Å². The summed E-state index contributed by atoms with van der Waals surface area (Å²) < 4.78 is 5.80. The van der Waals surface area contributed by atoms with E-state index in [0.717, 1.165) is 5.92 Å². The minimum absolute atomic E-state index is 0.403. The van der Waals surface area contributed by atoms with Crippen molar-refractivity contribution >= 4 is 0 Å². The van der Waals surface area contributed by atoms with Crippen molar-refractivity contribution in [2.24, 2.45) is 5.92 Å². The fourth-order valence-electron chi connectivity index (χ4n) is 1.83. The monoisotopic (exact) mass is 156 g/mol. The first-order valence-corrected chi connectivity index (χ1v) is 4.85. The van der Waals surface area contributed by atoms with Crippen LogP contribution in [0.5, 0.6) is 0 Å². The summed E-state index contributed by atoms with van der Waals surface area (Å²) in [5.41, 5.74) is 0. The molecule has 0 amide bonds. The van der Waals surface area contributed by atoms with Crippen molar-refractivity contribution in [3.63, 3.8) is 0 Å². The van der Waals surface area contributed by atoms with E-state index < -0.39 is 0 Å². The third-order valence-electron chi connectivity index (χ3n) is 2.48. The Morgan fingerprint density at radius 1 is 1.18 bits per heavy atom. The summed E-state index contributed by atoms with van der Waals surface area (Å²) in [5, 5.41) is 0. The van der Waals surface area contributed by atoms with Gasteiger partial charge in [0.05, 0.1) is 12.2 Å². The van der Waals surface area contributed by atoms with Crippen LogP contribution in [0.2, 0.25) is 0 Å². The average molecular weight is 156 g/mol. The van der Waals surface area contributed by atoms with E-state index in [0.29, 0.717) is 12.2 Å². The highest BCUT2D eigenvalue weighted by atomic mass is 16.5. The molecule has 1 saturated carbocycles. The lowest BCUT2D eigenvalue weighted by atomic mass is 9.88. The SMILES string of the molecule is CC(C)O[C@@H]1CCCC[C@H]1C. The molecule has 0 aromatic carbocycles. The van der Waals surface area contributed by atoms with Gasteiger partial charge >= 0.3 is 0 Å². The summed E-state index contributed by atoms with van der Waals surface area (Å²) in [5.74, 6) is 0.783. The maximum absolute atomic E-state index is 5.80. The van der Waals surface area contributed by atoms with Crippen LogP contribution in [0.3, 0.4) is 0 Å². The highest BCUT2D eigenvalue weighted by Crippen LogP contribution is 2.26. The van der Waals surface area contributed by atoms with Crippen LogP contribution < -0.4 is 0 Å². The van der Waals surface area contributed by atoms with Gasteiger partial charge in [0.1, 0.15) is 0 Å². The molecular weight excluding hydrogens is 136 g/mol. The summed E-state index contributed by atoms with van der Waals surface area (Å²) >= 11 is 0. The zero-order chi connectivity index (χ0) is 8.27. The lowest BCUT2D eigenvalue weighted by Gasteiger charge is -2.30. The standard InChI is InChI=1S/C10H20O/c1-8(2)11-10-7-5-4-6-9(10)3/h8-10H,4-7H2,1-3H3/t9-,10-/m1/s1. The van der Waals surface area contributed by atoms with Crippen LogP contribution >= 0.6 is 0 Å². The van der Waals surface area contributed by atoms with Crippen molar-refractivity contribution in [2.45, 2.75) is 58.7 Å². The molecule has 0 unspecified atom stereocenters. The molecule has 0 saturated heterocycles. The summed E-state index contributed by atoms with van der Waals surface area (Å²) in [4.78, 5) is 0. The van der Waals surface area contributed by atoms with E-state index in [4.69, 9.17) is 4.74 Å². The third kappa shape index (κ3) is 2.82. The van der Waals surface area contributed by atoms with Crippen LogP contribution in [0, 0.1) is 5.92 Å². The van der Waals surface area contributed by atoms with Crippen molar-refractivity contribution in [3.05, 3.63) is 0 Å². The molecule has 0 spiro atoms. The van der Waals surface area contributed by atoms with E-state index in [1.165, 1.54) is 25.7 Å². The largest absolute Gasteiger partial charge is 0.375 e. The molecule has 1 aliphatic rings. The molecule has 0 heterocycles. The Morgan fingerprint density at radius 3 is 2.36 bits per heavy atom. The van der Waals surface area contributed by atoms with Crippen LogP contribution in [-0.2, 0) is 4.74 Å². The first-order valence-electron chi connectivity index (χ1n) is 4.85. The van der Waals surface area contributed by atoms with Crippen LogP contribution in [0.15, 0.2) is 0 Å². The maximum Gasteiger partial charge on any atom is 0.0604 e. The lowest BCUT2D eigenvalue weighted by molar-refractivity contribution is -0.0400. The fourth-order valence-corrected chi connectivity index (χ4v) is 1.83. The van der Waals surface area contributed by atoms with E-state index in [9.17, 15) is 0 Å². The van der Waals surface area contributed by atoms with Gasteiger partial charge in [-0.05, 0) is 32.6 Å². The van der Waals surface area contributed by atoms with Crippen LogP contribution in [0.25, 0.3) is 0 Å². The van der Waals surface area contributed by atoms with Crippen LogP contribution in [-0.4, -0.2) is 12.2 Å². The highest BCUT2D eigenvalue weighted by molar-refractivity contribution is 4.72. The molecule has 1 nitrogen and oxygen atoms in total. The van der Waals surface area contributed by atoms with Gasteiger partial charge in [-0.15, -0.1) is 0 Å². The van der Waals surface area contributed by atoms with Gasteiger partial charge in [0.15, 0.2) is 0 Å². The van der Waals surface area contributed by atoms with Crippen LogP contribution in [0.1, 0.15) is 46.5 Å². The first kappa shape index (κ1) is 9.05. The van der Waals surface area contributed by atoms with Crippen molar-refractivity contribution in [3.8, 4) is 0 Å². The second-order valence-corrected chi connectivity index (χ2v) is 3.99. The fraction of sp³-hybridized carbons (Fsp3) is 1.00. The third-order valence-corrected chi connectivity index (χ3v) is 2.48. The Labute approximate surface area is 70.1 Å². The molecule has 11 heavy (non-hydrogen) atoms. The van der Waals surface area contributed by atoms with E-state index in [1.54, 1.807) is 0 Å². The molecule has 0 aromatic rings. The normalized spacial score (nSPS) is 32.7. The topological polar surface area (TPSA) is 9.23 Å². The Kier molecular flexibility index (Phi) is 3.38. The number of hydrogen-bond donors (Lipinski definition) is 0. The molecule has 66 valence electrons. The molecule has 1 rings (SSSR count). The Balaban J connectivity index is 2.29. The molecule has 2 atom stereocenters. The zero-order valence-corrected chi connectivity index (χ0v) is 7.97. The first-order chi connectivity index (χ1) is 5.20. The molecule has 0 radical (unpaired) electrons. The molecule has 1 aliphatic carbocycles. The van der Waals surface area contributed by atoms with E-state index in [2.05, 4.69) is 20.8 Å². The van der Waals surface area contributed by atoms with Gasteiger partial charge < -0.3 is 4.74 Å². The van der Waals surface area contributed by atoms with Gasteiger partial charge in [-0.3, -0.25) is 0 Å². The lowest BCUT2D eigenvalue weighted by Crippen LogP contribution is -2.28. The van der Waals surface area contributed by atoms with Gasteiger partial charge in [0.2, 0.25) is 0 Å². The minimum atomic E-state index is 0.403. The predicted molar refractivity (Wildman–Crippen MR) is 47.6 cm³/mol. The summed E-state index contributed by atoms with van der Waals surface area (Å²) in [7, 11) is 0. The summed E-state index contributed by atoms with van der Waals surface area (Å²) in [6, 6.07) is 0. The molecule has 0 N–H and O–H groups in total. The number of rotatable bonds is 2. The molecule has 0 aromatic heterocycles. The second kappa shape index (κ2) is 4.10. The number of hydrogen-bond acceptors (Lipinski definition) is 1. The minimum Gasteiger partial charge on any atom is -0.375 e. The van der Waals surface area contributed by atoms with E-state index in [-0.39, 0.29) is 0 Å². The van der Waals surface area contributed by atoms with Gasteiger partial charge in [0, 0.05) is 0 Å². The average Bonchev–Trinajstić information content (AvgIpc) is 1.93. The van der Waals surface area contributed by atoms with Crippen molar-refractivity contribution in [2.75, 3.05) is 0 Å². The molecule has 0 bridgehead atoms. The van der Waals surface area contributed by atoms with Gasteiger partial charge in [-0.2, -0.15) is 0 Å². The second-order valence-electron chi connectivity index (χ2n) is 3.99. The Hall–Kier alpha value is -0.0400. The van der Waals surface area contributed by atoms with Gasteiger partial charge in [-0.25, -0.2) is 0 Å². The molecule has 1 heteroatoms.